The van der Waals surface area contributed by atoms with E-state index in [4.69, 9.17) is 4.74 Å². The summed E-state index contributed by atoms with van der Waals surface area (Å²) < 4.78 is 4.73. The zero-order valence-corrected chi connectivity index (χ0v) is 11.1. The van der Waals surface area contributed by atoms with Gasteiger partial charge in [-0.2, -0.15) is 0 Å². The Labute approximate surface area is 102 Å². The minimum absolute atomic E-state index is 0.0627. The lowest BCUT2D eigenvalue weighted by Crippen LogP contribution is -2.21. The summed E-state index contributed by atoms with van der Waals surface area (Å²) in [5, 5.41) is 0. The average Bonchev–Trinajstić information content (AvgIpc) is 2.74. The van der Waals surface area contributed by atoms with Crippen LogP contribution < -0.4 is 0 Å². The van der Waals surface area contributed by atoms with E-state index in [1.54, 1.807) is 0 Å². The van der Waals surface area contributed by atoms with Crippen LogP contribution in [0.1, 0.15) is 34.1 Å². The fourth-order valence-corrected chi connectivity index (χ4v) is 2.65. The summed E-state index contributed by atoms with van der Waals surface area (Å²) in [6.07, 6.45) is 0.456. The van der Waals surface area contributed by atoms with E-state index in [2.05, 4.69) is 0 Å². The van der Waals surface area contributed by atoms with E-state index in [0.717, 1.165) is 0 Å². The molecule has 0 aliphatic heterocycles. The first-order valence-corrected chi connectivity index (χ1v) is 5.82. The van der Waals surface area contributed by atoms with E-state index in [1.807, 2.05) is 13.8 Å². The standard InChI is InChI=1S/C13H20O4/c1-7(14)9(8(2)15)6-10-11(12(16)17-5)13(10,3)4/h9-11H,6H2,1-5H3/t10-,11-/m1/s1. The Kier molecular flexibility index (Phi) is 3.74. The predicted octanol–water partition coefficient (Wildman–Crippen LogP) is 1.62. The van der Waals surface area contributed by atoms with Crippen LogP contribution in [0.4, 0.5) is 0 Å². The van der Waals surface area contributed by atoms with Gasteiger partial charge < -0.3 is 4.74 Å². The smallest absolute Gasteiger partial charge is 0.309 e. The summed E-state index contributed by atoms with van der Waals surface area (Å²) in [5.74, 6) is -1.19. The van der Waals surface area contributed by atoms with Gasteiger partial charge in [0, 0.05) is 0 Å². The number of ether oxygens (including phenoxy) is 1. The van der Waals surface area contributed by atoms with Crippen molar-refractivity contribution < 1.29 is 19.1 Å². The third-order valence-corrected chi connectivity index (χ3v) is 3.98. The Balaban J connectivity index is 2.73. The molecule has 4 heteroatoms. The van der Waals surface area contributed by atoms with Gasteiger partial charge in [0.1, 0.15) is 11.6 Å². The molecule has 1 rings (SSSR count). The second-order valence-corrected chi connectivity index (χ2v) is 5.44. The van der Waals surface area contributed by atoms with Crippen molar-refractivity contribution in [2.45, 2.75) is 34.1 Å². The van der Waals surface area contributed by atoms with E-state index in [-0.39, 0.29) is 34.8 Å². The quantitative estimate of drug-likeness (QED) is 0.541. The number of hydrogen-bond acceptors (Lipinski definition) is 4. The van der Waals surface area contributed by atoms with Gasteiger partial charge in [-0.25, -0.2) is 0 Å². The molecule has 1 aliphatic rings. The van der Waals surface area contributed by atoms with Crippen molar-refractivity contribution in [1.29, 1.82) is 0 Å². The number of ketones is 2. The molecule has 0 heterocycles. The van der Waals surface area contributed by atoms with Crippen molar-refractivity contribution in [2.24, 2.45) is 23.2 Å². The maximum atomic E-state index is 11.5. The fourth-order valence-electron chi connectivity index (χ4n) is 2.65. The SMILES string of the molecule is COC(=O)[C@H]1[C@@H](CC(C(C)=O)C(C)=O)C1(C)C. The maximum Gasteiger partial charge on any atom is 0.309 e. The zero-order valence-electron chi connectivity index (χ0n) is 11.1. The normalized spacial score (nSPS) is 25.5. The summed E-state index contributed by atoms with van der Waals surface area (Å²) in [7, 11) is 1.36. The van der Waals surface area contributed by atoms with Crippen molar-refractivity contribution in [3.8, 4) is 0 Å². The van der Waals surface area contributed by atoms with Gasteiger partial charge in [-0.3, -0.25) is 14.4 Å². The van der Waals surface area contributed by atoms with Gasteiger partial charge in [0.25, 0.3) is 0 Å². The molecule has 0 spiro atoms. The van der Waals surface area contributed by atoms with E-state index in [0.29, 0.717) is 6.42 Å². The molecule has 0 bridgehead atoms. The molecule has 0 saturated heterocycles. The fraction of sp³-hybridized carbons (Fsp3) is 0.769. The third-order valence-electron chi connectivity index (χ3n) is 3.98. The lowest BCUT2D eigenvalue weighted by atomic mass is 9.92. The molecule has 0 aromatic carbocycles. The predicted molar refractivity (Wildman–Crippen MR) is 62.2 cm³/mol. The molecular formula is C13H20O4. The highest BCUT2D eigenvalue weighted by molar-refractivity contribution is 6.00. The second kappa shape index (κ2) is 4.59. The van der Waals surface area contributed by atoms with Crippen LogP contribution in [0.2, 0.25) is 0 Å². The average molecular weight is 240 g/mol. The van der Waals surface area contributed by atoms with Crippen LogP contribution in [0, 0.1) is 23.2 Å². The number of Topliss-reactive ketones (excluding diaryl/α,β-unsaturated/α-hetero) is 2. The number of methoxy groups -OCH3 is 1. The van der Waals surface area contributed by atoms with Crippen LogP contribution in [-0.2, 0) is 19.1 Å². The summed E-state index contributed by atoms with van der Waals surface area (Å²) in [5.41, 5.74) is -0.170. The van der Waals surface area contributed by atoms with Crippen molar-refractivity contribution in [3.05, 3.63) is 0 Å². The molecule has 1 fully saturated rings. The molecule has 0 amide bonds. The minimum atomic E-state index is -0.575. The van der Waals surface area contributed by atoms with Crippen LogP contribution in [0.15, 0.2) is 0 Å². The lowest BCUT2D eigenvalue weighted by Gasteiger charge is -2.10. The van der Waals surface area contributed by atoms with Gasteiger partial charge in [-0.1, -0.05) is 13.8 Å². The highest BCUT2D eigenvalue weighted by Gasteiger charge is 2.62. The summed E-state index contributed by atoms with van der Waals surface area (Å²) in [6, 6.07) is 0. The van der Waals surface area contributed by atoms with Gasteiger partial charge >= 0.3 is 5.97 Å². The van der Waals surface area contributed by atoms with Crippen LogP contribution in [0.3, 0.4) is 0 Å². The van der Waals surface area contributed by atoms with Gasteiger partial charge in [0.05, 0.1) is 18.9 Å². The molecule has 0 aromatic heterocycles. The minimum Gasteiger partial charge on any atom is -0.469 e. The van der Waals surface area contributed by atoms with E-state index in [9.17, 15) is 14.4 Å². The van der Waals surface area contributed by atoms with Gasteiger partial charge in [0.2, 0.25) is 0 Å². The number of rotatable bonds is 5. The lowest BCUT2D eigenvalue weighted by molar-refractivity contribution is -0.143. The molecule has 96 valence electrons. The zero-order chi connectivity index (χ0) is 13.4. The van der Waals surface area contributed by atoms with Crippen LogP contribution in [0.25, 0.3) is 0 Å². The molecule has 2 atom stereocenters. The Morgan fingerprint density at radius 1 is 1.18 bits per heavy atom. The molecular weight excluding hydrogens is 220 g/mol. The van der Waals surface area contributed by atoms with Crippen molar-refractivity contribution >= 4 is 17.5 Å². The van der Waals surface area contributed by atoms with Gasteiger partial charge in [0.15, 0.2) is 0 Å². The van der Waals surface area contributed by atoms with E-state index < -0.39 is 5.92 Å². The van der Waals surface area contributed by atoms with E-state index >= 15 is 0 Å². The first kappa shape index (κ1) is 13.9. The highest BCUT2D eigenvalue weighted by Crippen LogP contribution is 2.61. The molecule has 0 aromatic rings. The number of esters is 1. The monoisotopic (exact) mass is 240 g/mol. The maximum absolute atomic E-state index is 11.5. The third kappa shape index (κ3) is 2.56. The van der Waals surface area contributed by atoms with Gasteiger partial charge in [-0.15, -0.1) is 0 Å². The number of carbonyl (C=O) groups excluding carboxylic acids is 3. The van der Waals surface area contributed by atoms with Crippen LogP contribution in [-0.4, -0.2) is 24.6 Å². The molecule has 0 N–H and O–H groups in total. The number of hydrogen-bond donors (Lipinski definition) is 0. The number of carbonyl (C=O) groups is 3. The molecule has 17 heavy (non-hydrogen) atoms. The molecule has 4 nitrogen and oxygen atoms in total. The second-order valence-electron chi connectivity index (χ2n) is 5.44. The highest BCUT2D eigenvalue weighted by atomic mass is 16.5. The summed E-state index contributed by atoms with van der Waals surface area (Å²) in [4.78, 5) is 34.3. The summed E-state index contributed by atoms with van der Waals surface area (Å²) >= 11 is 0. The van der Waals surface area contributed by atoms with Crippen molar-refractivity contribution in [1.82, 2.24) is 0 Å². The molecule has 1 saturated carbocycles. The first-order chi connectivity index (χ1) is 7.73. The topological polar surface area (TPSA) is 60.4 Å². The molecule has 1 aliphatic carbocycles. The van der Waals surface area contributed by atoms with Crippen LogP contribution in [0.5, 0.6) is 0 Å². The van der Waals surface area contributed by atoms with Crippen molar-refractivity contribution in [2.75, 3.05) is 7.11 Å². The first-order valence-electron chi connectivity index (χ1n) is 5.82. The largest absolute Gasteiger partial charge is 0.469 e. The Bertz CT molecular complexity index is 342. The summed E-state index contributed by atoms with van der Waals surface area (Å²) in [6.45, 7) is 6.79. The molecule has 0 unspecified atom stereocenters. The Hall–Kier alpha value is -1.19. The van der Waals surface area contributed by atoms with Crippen molar-refractivity contribution in [3.63, 3.8) is 0 Å². The molecule has 0 radical (unpaired) electrons. The van der Waals surface area contributed by atoms with E-state index in [1.165, 1.54) is 21.0 Å². The van der Waals surface area contributed by atoms with Crippen LogP contribution >= 0.6 is 0 Å². The Morgan fingerprint density at radius 2 is 1.65 bits per heavy atom. The van der Waals surface area contributed by atoms with Gasteiger partial charge in [-0.05, 0) is 31.6 Å². The Morgan fingerprint density at radius 3 is 2.00 bits per heavy atom.